The molecule has 1 saturated carbocycles. The van der Waals surface area contributed by atoms with E-state index in [1.165, 1.54) is 38.5 Å². The van der Waals surface area contributed by atoms with E-state index in [0.29, 0.717) is 18.5 Å². The molecule has 0 aromatic heterocycles. The summed E-state index contributed by atoms with van der Waals surface area (Å²) in [6, 6.07) is 5.17. The second kappa shape index (κ2) is 6.15. The Labute approximate surface area is 113 Å². The van der Waals surface area contributed by atoms with E-state index < -0.39 is 11.8 Å². The lowest BCUT2D eigenvalue weighted by atomic mass is 10.1. The van der Waals surface area contributed by atoms with Gasteiger partial charge in [0.15, 0.2) is 0 Å². The zero-order chi connectivity index (χ0) is 13.8. The highest BCUT2D eigenvalue weighted by molar-refractivity contribution is 5.89. The third-order valence-electron chi connectivity index (χ3n) is 3.87. The molecule has 1 aliphatic rings. The van der Waals surface area contributed by atoms with Crippen LogP contribution in [0.3, 0.4) is 0 Å². The first-order chi connectivity index (χ1) is 9.11. The van der Waals surface area contributed by atoms with E-state index in [1.54, 1.807) is 6.07 Å². The molecule has 3 nitrogen and oxygen atoms in total. The number of carbonyl (C=O) groups excluding carboxylic acids is 1. The van der Waals surface area contributed by atoms with Crippen molar-refractivity contribution < 1.29 is 13.9 Å². The maximum atomic E-state index is 13.7. The summed E-state index contributed by atoms with van der Waals surface area (Å²) in [7, 11) is 1.25. The monoisotopic (exact) mass is 265 g/mol. The molecule has 0 radical (unpaired) electrons. The summed E-state index contributed by atoms with van der Waals surface area (Å²) in [6.45, 7) is 2.87. The van der Waals surface area contributed by atoms with Crippen LogP contribution in [-0.4, -0.2) is 19.1 Å². The predicted molar refractivity (Wildman–Crippen MR) is 71.4 cm³/mol. The van der Waals surface area contributed by atoms with Gasteiger partial charge in [-0.2, -0.15) is 0 Å². The van der Waals surface area contributed by atoms with Crippen molar-refractivity contribution in [1.82, 2.24) is 5.32 Å². The molecule has 0 bridgehead atoms. The van der Waals surface area contributed by atoms with E-state index >= 15 is 0 Å². The lowest BCUT2D eigenvalue weighted by Gasteiger charge is -2.17. The van der Waals surface area contributed by atoms with E-state index in [4.69, 9.17) is 0 Å². The minimum Gasteiger partial charge on any atom is -0.465 e. The number of methoxy groups -OCH3 is 1. The average Bonchev–Trinajstić information content (AvgIpc) is 2.81. The normalized spacial score (nSPS) is 22.5. The minimum atomic E-state index is -0.638. The molecule has 0 saturated heterocycles. The first-order valence-electron chi connectivity index (χ1n) is 6.72. The fourth-order valence-electron chi connectivity index (χ4n) is 2.64. The van der Waals surface area contributed by atoms with Gasteiger partial charge in [0.25, 0.3) is 0 Å². The largest absolute Gasteiger partial charge is 0.465 e. The van der Waals surface area contributed by atoms with Gasteiger partial charge in [-0.15, -0.1) is 0 Å². The van der Waals surface area contributed by atoms with Crippen LogP contribution in [0.25, 0.3) is 0 Å². The van der Waals surface area contributed by atoms with Gasteiger partial charge in [-0.1, -0.05) is 19.4 Å². The molecule has 2 unspecified atom stereocenters. The van der Waals surface area contributed by atoms with Gasteiger partial charge in [0.2, 0.25) is 0 Å². The fraction of sp³-hybridized carbons (Fsp3) is 0.533. The Hall–Kier alpha value is -1.42. The predicted octanol–water partition coefficient (Wildman–Crippen LogP) is 2.89. The zero-order valence-corrected chi connectivity index (χ0v) is 11.4. The Morgan fingerprint density at radius 1 is 1.47 bits per heavy atom. The van der Waals surface area contributed by atoms with Crippen molar-refractivity contribution in [2.45, 2.75) is 38.8 Å². The molecule has 1 fully saturated rings. The first kappa shape index (κ1) is 14.0. The molecule has 1 aromatic rings. The highest BCUT2D eigenvalue weighted by Crippen LogP contribution is 2.25. The smallest absolute Gasteiger partial charge is 0.340 e. The van der Waals surface area contributed by atoms with Gasteiger partial charge < -0.3 is 10.1 Å². The molecular weight excluding hydrogens is 245 g/mol. The topological polar surface area (TPSA) is 38.3 Å². The number of ether oxygens (including phenoxy) is 1. The molecule has 19 heavy (non-hydrogen) atoms. The molecule has 0 amide bonds. The number of nitrogens with one attached hydrogen (secondary N) is 1. The molecule has 104 valence electrons. The Morgan fingerprint density at radius 3 is 2.84 bits per heavy atom. The van der Waals surface area contributed by atoms with Gasteiger partial charge in [0.1, 0.15) is 5.82 Å². The highest BCUT2D eigenvalue weighted by Gasteiger charge is 2.22. The Bertz CT molecular complexity index is 461. The summed E-state index contributed by atoms with van der Waals surface area (Å²) < 4.78 is 18.3. The number of rotatable bonds is 4. The van der Waals surface area contributed by atoms with Gasteiger partial charge in [-0.05, 0) is 36.5 Å². The van der Waals surface area contributed by atoms with E-state index in [9.17, 15) is 9.18 Å². The molecule has 0 aliphatic heterocycles. The summed E-state index contributed by atoms with van der Waals surface area (Å²) in [5, 5.41) is 3.45. The third-order valence-corrected chi connectivity index (χ3v) is 3.87. The van der Waals surface area contributed by atoms with E-state index in [1.807, 2.05) is 0 Å². The van der Waals surface area contributed by atoms with Gasteiger partial charge in [0.05, 0.1) is 12.7 Å². The van der Waals surface area contributed by atoms with Crippen LogP contribution in [0.15, 0.2) is 18.2 Å². The van der Waals surface area contributed by atoms with Crippen LogP contribution in [0.1, 0.15) is 42.1 Å². The summed E-state index contributed by atoms with van der Waals surface area (Å²) in [5.74, 6) is -0.480. The van der Waals surface area contributed by atoms with Crippen molar-refractivity contribution in [3.05, 3.63) is 35.1 Å². The average molecular weight is 265 g/mol. The molecule has 0 heterocycles. The third kappa shape index (κ3) is 3.32. The molecule has 1 aliphatic carbocycles. The second-order valence-corrected chi connectivity index (χ2v) is 5.20. The van der Waals surface area contributed by atoms with Crippen LogP contribution in [0.5, 0.6) is 0 Å². The molecule has 1 aromatic carbocycles. The standard InChI is InChI=1S/C15H20FNO2/c1-10-4-3-5-14(10)17-9-11-6-7-12(13(16)8-11)15(18)19-2/h6-8,10,14,17H,3-5,9H2,1-2H3. The molecule has 0 spiro atoms. The first-order valence-corrected chi connectivity index (χ1v) is 6.72. The summed E-state index contributed by atoms with van der Waals surface area (Å²) in [6.07, 6.45) is 3.70. The van der Waals surface area contributed by atoms with E-state index in [2.05, 4.69) is 17.0 Å². The summed E-state index contributed by atoms with van der Waals surface area (Å²) >= 11 is 0. The van der Waals surface area contributed by atoms with Crippen LogP contribution in [-0.2, 0) is 11.3 Å². The van der Waals surface area contributed by atoms with Crippen molar-refractivity contribution in [2.75, 3.05) is 7.11 Å². The lowest BCUT2D eigenvalue weighted by molar-refractivity contribution is 0.0595. The number of carbonyl (C=O) groups is 1. The number of hydrogen-bond donors (Lipinski definition) is 1. The van der Waals surface area contributed by atoms with Crippen LogP contribution in [0, 0.1) is 11.7 Å². The summed E-state index contributed by atoms with van der Waals surface area (Å²) in [4.78, 5) is 11.3. The lowest BCUT2D eigenvalue weighted by Crippen LogP contribution is -2.30. The Morgan fingerprint density at radius 2 is 2.26 bits per heavy atom. The SMILES string of the molecule is COC(=O)c1ccc(CNC2CCCC2C)cc1F. The van der Waals surface area contributed by atoms with Crippen LogP contribution < -0.4 is 5.32 Å². The number of benzene rings is 1. The van der Waals surface area contributed by atoms with Gasteiger partial charge >= 0.3 is 5.97 Å². The fourth-order valence-corrected chi connectivity index (χ4v) is 2.64. The van der Waals surface area contributed by atoms with Crippen molar-refractivity contribution >= 4 is 5.97 Å². The molecule has 2 atom stereocenters. The zero-order valence-electron chi connectivity index (χ0n) is 11.4. The molecular formula is C15H20FNO2. The van der Waals surface area contributed by atoms with E-state index in [0.717, 1.165) is 5.56 Å². The quantitative estimate of drug-likeness (QED) is 0.851. The van der Waals surface area contributed by atoms with Crippen molar-refractivity contribution in [3.63, 3.8) is 0 Å². The number of esters is 1. The number of halogens is 1. The highest BCUT2D eigenvalue weighted by atomic mass is 19.1. The Kier molecular flexibility index (Phi) is 4.53. The Balaban J connectivity index is 1.98. The van der Waals surface area contributed by atoms with Gasteiger partial charge in [-0.25, -0.2) is 9.18 Å². The van der Waals surface area contributed by atoms with Crippen LogP contribution in [0.4, 0.5) is 4.39 Å². The van der Waals surface area contributed by atoms with Crippen molar-refractivity contribution in [2.24, 2.45) is 5.92 Å². The minimum absolute atomic E-state index is 0.0134. The maximum Gasteiger partial charge on any atom is 0.340 e. The van der Waals surface area contributed by atoms with Gasteiger partial charge in [-0.3, -0.25) is 0 Å². The van der Waals surface area contributed by atoms with Gasteiger partial charge in [0, 0.05) is 12.6 Å². The molecule has 4 heteroatoms. The van der Waals surface area contributed by atoms with Crippen molar-refractivity contribution in [1.29, 1.82) is 0 Å². The van der Waals surface area contributed by atoms with Crippen LogP contribution >= 0.6 is 0 Å². The molecule has 1 N–H and O–H groups in total. The second-order valence-electron chi connectivity index (χ2n) is 5.20. The maximum absolute atomic E-state index is 13.7. The summed E-state index contributed by atoms with van der Waals surface area (Å²) in [5.41, 5.74) is 0.838. The van der Waals surface area contributed by atoms with E-state index in [-0.39, 0.29) is 5.56 Å². The molecule has 2 rings (SSSR count). The van der Waals surface area contributed by atoms with Crippen LogP contribution in [0.2, 0.25) is 0 Å². The van der Waals surface area contributed by atoms with Crippen molar-refractivity contribution in [3.8, 4) is 0 Å². The number of hydrogen-bond acceptors (Lipinski definition) is 3.